The Balaban J connectivity index is 1.51. The third-order valence-corrected chi connectivity index (χ3v) is 8.05. The monoisotopic (exact) mass is 392 g/mol. The number of nitrogens with zero attached hydrogens (tertiary/aromatic N) is 1. The number of hydrogen-bond donors (Lipinski definition) is 2. The largest absolute Gasteiger partial charge is 0.351 e. The topological polar surface area (TPSA) is 49.0 Å². The summed E-state index contributed by atoms with van der Waals surface area (Å²) in [5.41, 5.74) is 2.93. The molecule has 1 unspecified atom stereocenters. The zero-order valence-corrected chi connectivity index (χ0v) is 17.1. The van der Waals surface area contributed by atoms with Crippen LogP contribution in [-0.4, -0.2) is 16.9 Å². The van der Waals surface area contributed by atoms with Gasteiger partial charge in [-0.3, -0.25) is 4.79 Å². The number of imidazole rings is 1. The number of rotatable bonds is 3. The SMILES string of the molecule is CC1(C)C2CC[C@@]1(C)[C@@H](NC(=O)c1[nH]c(-c3ccc(F)cc3)c3cccc[n+]13)C2. The minimum Gasteiger partial charge on any atom is -0.342 e. The van der Waals surface area contributed by atoms with Crippen LogP contribution in [0.5, 0.6) is 0 Å². The van der Waals surface area contributed by atoms with E-state index in [-0.39, 0.29) is 28.6 Å². The number of carbonyl (C=O) groups excluding carboxylic acids is 1. The summed E-state index contributed by atoms with van der Waals surface area (Å²) in [5, 5.41) is 3.34. The summed E-state index contributed by atoms with van der Waals surface area (Å²) in [7, 11) is 0. The number of fused-ring (bicyclic) bond motifs is 3. The summed E-state index contributed by atoms with van der Waals surface area (Å²) < 4.78 is 15.3. The second kappa shape index (κ2) is 6.15. The summed E-state index contributed by atoms with van der Waals surface area (Å²) >= 11 is 0. The molecule has 2 aliphatic carbocycles. The van der Waals surface area contributed by atoms with E-state index >= 15 is 0 Å². The normalized spacial score (nSPS) is 27.4. The van der Waals surface area contributed by atoms with Crippen molar-refractivity contribution >= 4 is 11.4 Å². The van der Waals surface area contributed by atoms with Crippen molar-refractivity contribution in [3.8, 4) is 11.3 Å². The molecule has 0 aliphatic heterocycles. The molecule has 4 nitrogen and oxygen atoms in total. The number of halogens is 1. The Morgan fingerprint density at radius 2 is 1.93 bits per heavy atom. The van der Waals surface area contributed by atoms with Crippen LogP contribution in [-0.2, 0) is 0 Å². The van der Waals surface area contributed by atoms with Gasteiger partial charge in [-0.05, 0) is 72.4 Å². The lowest BCUT2D eigenvalue weighted by molar-refractivity contribution is -0.514. The Morgan fingerprint density at radius 1 is 1.17 bits per heavy atom. The van der Waals surface area contributed by atoms with Crippen molar-refractivity contribution < 1.29 is 13.6 Å². The van der Waals surface area contributed by atoms with Crippen molar-refractivity contribution in [2.45, 2.75) is 46.1 Å². The van der Waals surface area contributed by atoms with E-state index in [4.69, 9.17) is 0 Å². The first-order chi connectivity index (χ1) is 13.8. The number of H-pyrrole nitrogens is 1. The predicted molar refractivity (Wildman–Crippen MR) is 110 cm³/mol. The van der Waals surface area contributed by atoms with Gasteiger partial charge in [0.1, 0.15) is 5.82 Å². The molecule has 2 heterocycles. The molecule has 1 aromatic carbocycles. The summed E-state index contributed by atoms with van der Waals surface area (Å²) in [6, 6.07) is 12.3. The fourth-order valence-electron chi connectivity index (χ4n) is 5.74. The molecule has 2 N–H and O–H groups in total. The lowest BCUT2D eigenvalue weighted by Gasteiger charge is -2.39. The van der Waals surface area contributed by atoms with E-state index < -0.39 is 0 Å². The third-order valence-electron chi connectivity index (χ3n) is 8.05. The van der Waals surface area contributed by atoms with Gasteiger partial charge in [-0.2, -0.15) is 4.40 Å². The first-order valence-electron chi connectivity index (χ1n) is 10.4. The van der Waals surface area contributed by atoms with Gasteiger partial charge >= 0.3 is 11.7 Å². The lowest BCUT2D eigenvalue weighted by Crippen LogP contribution is -2.48. The van der Waals surface area contributed by atoms with Crippen LogP contribution < -0.4 is 9.72 Å². The summed E-state index contributed by atoms with van der Waals surface area (Å²) in [6.45, 7) is 7.03. The summed E-state index contributed by atoms with van der Waals surface area (Å²) in [6.07, 6.45) is 5.35. The first kappa shape index (κ1) is 18.3. The standard InChI is InChI=1S/C24H26FN3O/c1-23(2)16-11-12-24(23,3)19(14-16)26-22(29)21-27-20(15-7-9-17(25)10-8-15)18-6-4-5-13-28(18)21/h4-10,13,16,19H,11-12,14H2,1-3H3,(H,26,29)/p+1/t16?,19-,24-/m0/s1. The maximum atomic E-state index is 13.4. The second-order valence-corrected chi connectivity index (χ2v) is 9.45. The van der Waals surface area contributed by atoms with Gasteiger partial charge in [-0.25, -0.2) is 9.37 Å². The molecule has 5 heteroatoms. The van der Waals surface area contributed by atoms with E-state index in [1.807, 2.05) is 28.8 Å². The Hall–Kier alpha value is -2.69. The molecule has 3 atom stereocenters. The van der Waals surface area contributed by atoms with Crippen molar-refractivity contribution in [1.82, 2.24) is 10.3 Å². The van der Waals surface area contributed by atoms with Gasteiger partial charge in [0.2, 0.25) is 0 Å². The number of pyridine rings is 1. The maximum absolute atomic E-state index is 13.4. The number of amides is 1. The van der Waals surface area contributed by atoms with Crippen molar-refractivity contribution in [1.29, 1.82) is 0 Å². The zero-order valence-electron chi connectivity index (χ0n) is 17.1. The summed E-state index contributed by atoms with van der Waals surface area (Å²) in [4.78, 5) is 16.6. The minimum absolute atomic E-state index is 0.0888. The van der Waals surface area contributed by atoms with E-state index in [9.17, 15) is 9.18 Å². The molecule has 0 radical (unpaired) electrons. The van der Waals surface area contributed by atoms with Gasteiger partial charge < -0.3 is 5.32 Å². The van der Waals surface area contributed by atoms with Crippen molar-refractivity contribution in [2.24, 2.45) is 16.7 Å². The lowest BCUT2D eigenvalue weighted by atomic mass is 9.69. The molecule has 2 aliphatic rings. The van der Waals surface area contributed by atoms with Crippen LogP contribution in [0, 0.1) is 22.6 Å². The molecule has 0 saturated heterocycles. The maximum Gasteiger partial charge on any atom is 0.351 e. The smallest absolute Gasteiger partial charge is 0.342 e. The van der Waals surface area contributed by atoms with Gasteiger partial charge in [-0.1, -0.05) is 26.8 Å². The highest BCUT2D eigenvalue weighted by Gasteiger charge is 2.61. The molecule has 5 rings (SSSR count). The molecule has 150 valence electrons. The van der Waals surface area contributed by atoms with Gasteiger partial charge in [0.15, 0.2) is 11.2 Å². The predicted octanol–water partition coefficient (Wildman–Crippen LogP) is 4.50. The van der Waals surface area contributed by atoms with E-state index in [2.05, 4.69) is 31.1 Å². The fourth-order valence-corrected chi connectivity index (χ4v) is 5.74. The van der Waals surface area contributed by atoms with Gasteiger partial charge in [-0.15, -0.1) is 0 Å². The molecule has 2 bridgehead atoms. The van der Waals surface area contributed by atoms with E-state index in [1.165, 1.54) is 18.6 Å². The van der Waals surface area contributed by atoms with Gasteiger partial charge in [0, 0.05) is 11.6 Å². The number of carbonyl (C=O) groups is 1. The van der Waals surface area contributed by atoms with E-state index in [1.54, 1.807) is 12.1 Å². The van der Waals surface area contributed by atoms with Crippen molar-refractivity contribution in [3.63, 3.8) is 0 Å². The highest BCUT2D eigenvalue weighted by atomic mass is 19.1. The molecule has 2 aromatic heterocycles. The highest BCUT2D eigenvalue weighted by Crippen LogP contribution is 2.65. The van der Waals surface area contributed by atoms with E-state index in [0.717, 1.165) is 29.6 Å². The molecule has 3 aromatic rings. The van der Waals surface area contributed by atoms with Crippen LogP contribution in [0.2, 0.25) is 0 Å². The van der Waals surface area contributed by atoms with Crippen LogP contribution in [0.15, 0.2) is 48.7 Å². The Morgan fingerprint density at radius 3 is 2.59 bits per heavy atom. The third kappa shape index (κ3) is 2.56. The Labute approximate surface area is 170 Å². The Kier molecular flexibility index (Phi) is 3.89. The van der Waals surface area contributed by atoms with Crippen molar-refractivity contribution in [2.75, 3.05) is 0 Å². The molecule has 29 heavy (non-hydrogen) atoms. The summed E-state index contributed by atoms with van der Waals surface area (Å²) in [5.74, 6) is 0.807. The molecule has 1 amide bonds. The number of aromatic amines is 1. The van der Waals surface area contributed by atoms with Gasteiger partial charge in [0.05, 0.1) is 6.20 Å². The molecule has 0 spiro atoms. The first-order valence-corrected chi connectivity index (χ1v) is 10.4. The fraction of sp³-hybridized carbons (Fsp3) is 0.417. The number of hydrogen-bond acceptors (Lipinski definition) is 1. The zero-order chi connectivity index (χ0) is 20.4. The van der Waals surface area contributed by atoms with Crippen LogP contribution in [0.4, 0.5) is 4.39 Å². The molecule has 2 fully saturated rings. The number of aromatic nitrogens is 2. The molecular formula is C24H27FN3O+. The number of nitrogens with one attached hydrogen (secondary N) is 2. The van der Waals surface area contributed by atoms with Crippen molar-refractivity contribution in [3.05, 3.63) is 60.3 Å². The highest BCUT2D eigenvalue weighted by molar-refractivity contribution is 5.91. The average molecular weight is 392 g/mol. The number of benzene rings is 1. The van der Waals surface area contributed by atoms with Crippen LogP contribution >= 0.6 is 0 Å². The Bertz CT molecular complexity index is 1100. The van der Waals surface area contributed by atoms with Crippen LogP contribution in [0.1, 0.15) is 50.7 Å². The van der Waals surface area contributed by atoms with Crippen LogP contribution in [0.3, 0.4) is 0 Å². The van der Waals surface area contributed by atoms with E-state index in [0.29, 0.717) is 11.7 Å². The van der Waals surface area contributed by atoms with Crippen LogP contribution in [0.25, 0.3) is 16.8 Å². The second-order valence-electron chi connectivity index (χ2n) is 9.45. The average Bonchev–Trinajstić information content (AvgIpc) is 3.25. The molecular weight excluding hydrogens is 365 g/mol. The van der Waals surface area contributed by atoms with Gasteiger partial charge in [0.25, 0.3) is 0 Å². The minimum atomic E-state index is -0.276. The quantitative estimate of drug-likeness (QED) is 0.634. The molecule has 2 saturated carbocycles.